The Bertz CT molecular complexity index is 644. The maximum absolute atomic E-state index is 11.8. The summed E-state index contributed by atoms with van der Waals surface area (Å²) in [4.78, 5) is 11.8. The van der Waals surface area contributed by atoms with Crippen molar-refractivity contribution in [3.8, 4) is 0 Å². The number of nitrogens with one attached hydrogen (secondary N) is 3. The predicted octanol–water partition coefficient (Wildman–Crippen LogP) is 3.68. The van der Waals surface area contributed by atoms with Crippen LogP contribution in [0.3, 0.4) is 0 Å². The third kappa shape index (κ3) is 4.80. The van der Waals surface area contributed by atoms with Gasteiger partial charge in [0.1, 0.15) is 5.60 Å². The van der Waals surface area contributed by atoms with Crippen LogP contribution in [0.2, 0.25) is 0 Å². The average Bonchev–Trinajstić information content (AvgIpc) is 2.80. The summed E-state index contributed by atoms with van der Waals surface area (Å²) in [7, 11) is 0. The van der Waals surface area contributed by atoms with Gasteiger partial charge in [0.05, 0.1) is 6.20 Å². The number of nitrogens with zero attached hydrogens (tertiary/aromatic N) is 1. The molecule has 0 bridgehead atoms. The molecular formula is C16H22N4O2. The van der Waals surface area contributed by atoms with E-state index in [4.69, 9.17) is 4.74 Å². The van der Waals surface area contributed by atoms with Gasteiger partial charge in [0, 0.05) is 29.2 Å². The molecule has 2 rings (SSSR count). The molecule has 0 saturated carbocycles. The van der Waals surface area contributed by atoms with E-state index in [0.29, 0.717) is 12.2 Å². The van der Waals surface area contributed by atoms with E-state index in [-0.39, 0.29) is 0 Å². The monoisotopic (exact) mass is 302 g/mol. The Morgan fingerprint density at radius 3 is 2.68 bits per heavy atom. The van der Waals surface area contributed by atoms with E-state index in [1.807, 2.05) is 52.0 Å². The number of amides is 1. The fraction of sp³-hybridized carbons (Fsp3) is 0.375. The minimum absolute atomic E-state index is 0.463. The molecule has 0 fully saturated rings. The van der Waals surface area contributed by atoms with Crippen LogP contribution in [0.1, 0.15) is 32.0 Å². The van der Waals surface area contributed by atoms with E-state index >= 15 is 0 Å². The number of hydrogen-bond donors (Lipinski definition) is 3. The zero-order chi connectivity index (χ0) is 16.2. The molecule has 0 unspecified atom stereocenters. The van der Waals surface area contributed by atoms with Gasteiger partial charge in [-0.3, -0.25) is 10.4 Å². The van der Waals surface area contributed by atoms with Crippen molar-refractivity contribution in [3.63, 3.8) is 0 Å². The summed E-state index contributed by atoms with van der Waals surface area (Å²) >= 11 is 0. The van der Waals surface area contributed by atoms with Crippen molar-refractivity contribution >= 4 is 17.5 Å². The van der Waals surface area contributed by atoms with Gasteiger partial charge < -0.3 is 10.1 Å². The predicted molar refractivity (Wildman–Crippen MR) is 87.0 cm³/mol. The molecule has 0 aliphatic carbocycles. The minimum atomic E-state index is -0.515. The van der Waals surface area contributed by atoms with Crippen LogP contribution in [0.5, 0.6) is 0 Å². The molecule has 1 heterocycles. The van der Waals surface area contributed by atoms with Gasteiger partial charge in [0.25, 0.3) is 0 Å². The van der Waals surface area contributed by atoms with Crippen LogP contribution in [-0.2, 0) is 11.3 Å². The third-order valence-corrected chi connectivity index (χ3v) is 2.93. The summed E-state index contributed by atoms with van der Waals surface area (Å²) in [5.74, 6) is 0. The highest BCUT2D eigenvalue weighted by Gasteiger charge is 2.16. The van der Waals surface area contributed by atoms with E-state index in [1.54, 1.807) is 6.20 Å². The van der Waals surface area contributed by atoms with Crippen LogP contribution in [-0.4, -0.2) is 21.9 Å². The Kier molecular flexibility index (Phi) is 4.70. The Balaban J connectivity index is 1.95. The fourth-order valence-electron chi connectivity index (χ4n) is 1.88. The molecule has 1 aromatic heterocycles. The molecule has 6 nitrogen and oxygen atoms in total. The molecule has 0 atom stereocenters. The number of aromatic nitrogens is 2. The van der Waals surface area contributed by atoms with Crippen LogP contribution in [0, 0.1) is 6.92 Å². The first-order valence-electron chi connectivity index (χ1n) is 7.16. The molecule has 3 N–H and O–H groups in total. The van der Waals surface area contributed by atoms with Crippen molar-refractivity contribution in [2.24, 2.45) is 0 Å². The number of aromatic amines is 1. The molecule has 2 aromatic rings. The molecule has 0 aliphatic rings. The standard InChI is InChI=1S/C16H22N4O2/c1-11-12(10-18-20-11)9-17-13-6-5-7-14(8-13)19-15(21)22-16(2,3)4/h5-8,10,17H,9H2,1-4H3,(H,18,20)(H,19,21). The summed E-state index contributed by atoms with van der Waals surface area (Å²) in [6, 6.07) is 7.49. The molecule has 118 valence electrons. The number of H-pyrrole nitrogens is 1. The molecule has 0 saturated heterocycles. The topological polar surface area (TPSA) is 79.0 Å². The summed E-state index contributed by atoms with van der Waals surface area (Å²) < 4.78 is 5.23. The van der Waals surface area contributed by atoms with Crippen LogP contribution in [0.4, 0.5) is 16.2 Å². The highest BCUT2D eigenvalue weighted by Crippen LogP contribution is 2.17. The first-order valence-corrected chi connectivity index (χ1v) is 7.16. The summed E-state index contributed by atoms with van der Waals surface area (Å²) in [5.41, 5.74) is 3.22. The molecule has 1 aromatic carbocycles. The highest BCUT2D eigenvalue weighted by atomic mass is 16.6. The summed E-state index contributed by atoms with van der Waals surface area (Å²) in [6.07, 6.45) is 1.33. The lowest BCUT2D eigenvalue weighted by Crippen LogP contribution is -2.27. The van der Waals surface area contributed by atoms with Crippen LogP contribution in [0.15, 0.2) is 30.5 Å². The number of carbonyl (C=O) groups is 1. The second-order valence-corrected chi connectivity index (χ2v) is 6.08. The molecular weight excluding hydrogens is 280 g/mol. The second kappa shape index (κ2) is 6.51. The van der Waals surface area contributed by atoms with E-state index in [2.05, 4.69) is 20.8 Å². The number of ether oxygens (including phenoxy) is 1. The van der Waals surface area contributed by atoms with Crippen molar-refractivity contribution in [3.05, 3.63) is 41.7 Å². The lowest BCUT2D eigenvalue weighted by Gasteiger charge is -2.19. The van der Waals surface area contributed by atoms with Gasteiger partial charge >= 0.3 is 6.09 Å². The quantitative estimate of drug-likeness (QED) is 0.805. The number of aryl methyl sites for hydroxylation is 1. The van der Waals surface area contributed by atoms with E-state index in [1.165, 1.54) is 0 Å². The van der Waals surface area contributed by atoms with Crippen LogP contribution >= 0.6 is 0 Å². The number of anilines is 2. The Morgan fingerprint density at radius 2 is 2.05 bits per heavy atom. The van der Waals surface area contributed by atoms with Gasteiger partial charge in [-0.05, 0) is 45.9 Å². The smallest absolute Gasteiger partial charge is 0.412 e. The SMILES string of the molecule is Cc1[nH]ncc1CNc1cccc(NC(=O)OC(C)(C)C)c1. The van der Waals surface area contributed by atoms with Gasteiger partial charge in [-0.25, -0.2) is 4.79 Å². The van der Waals surface area contributed by atoms with Gasteiger partial charge in [0.15, 0.2) is 0 Å². The fourth-order valence-corrected chi connectivity index (χ4v) is 1.88. The maximum atomic E-state index is 11.8. The average molecular weight is 302 g/mol. The van der Waals surface area contributed by atoms with E-state index in [0.717, 1.165) is 16.9 Å². The second-order valence-electron chi connectivity index (χ2n) is 6.08. The van der Waals surface area contributed by atoms with Crippen molar-refractivity contribution in [1.29, 1.82) is 0 Å². The Morgan fingerprint density at radius 1 is 1.32 bits per heavy atom. The zero-order valence-electron chi connectivity index (χ0n) is 13.4. The van der Waals surface area contributed by atoms with Crippen molar-refractivity contribution < 1.29 is 9.53 Å². The lowest BCUT2D eigenvalue weighted by molar-refractivity contribution is 0.0636. The molecule has 22 heavy (non-hydrogen) atoms. The number of benzene rings is 1. The van der Waals surface area contributed by atoms with Crippen LogP contribution < -0.4 is 10.6 Å². The highest BCUT2D eigenvalue weighted by molar-refractivity contribution is 5.85. The summed E-state index contributed by atoms with van der Waals surface area (Å²) in [6.45, 7) is 8.14. The van der Waals surface area contributed by atoms with Gasteiger partial charge in [0.2, 0.25) is 0 Å². The Labute approximate surface area is 130 Å². The molecule has 1 amide bonds. The molecule has 0 spiro atoms. The first-order chi connectivity index (χ1) is 10.3. The van der Waals surface area contributed by atoms with Crippen LogP contribution in [0.25, 0.3) is 0 Å². The number of carbonyl (C=O) groups excluding carboxylic acids is 1. The van der Waals surface area contributed by atoms with Gasteiger partial charge in [-0.2, -0.15) is 5.10 Å². The maximum Gasteiger partial charge on any atom is 0.412 e. The zero-order valence-corrected chi connectivity index (χ0v) is 13.4. The molecule has 0 aliphatic heterocycles. The normalized spacial score (nSPS) is 11.1. The van der Waals surface area contributed by atoms with Crippen molar-refractivity contribution in [2.45, 2.75) is 39.8 Å². The van der Waals surface area contributed by atoms with Crippen molar-refractivity contribution in [1.82, 2.24) is 10.2 Å². The third-order valence-electron chi connectivity index (χ3n) is 2.93. The molecule has 6 heteroatoms. The summed E-state index contributed by atoms with van der Waals surface area (Å²) in [5, 5.41) is 12.9. The van der Waals surface area contributed by atoms with Gasteiger partial charge in [-0.1, -0.05) is 6.07 Å². The van der Waals surface area contributed by atoms with Crippen molar-refractivity contribution in [2.75, 3.05) is 10.6 Å². The minimum Gasteiger partial charge on any atom is -0.444 e. The largest absolute Gasteiger partial charge is 0.444 e. The lowest BCUT2D eigenvalue weighted by atomic mass is 10.2. The Hall–Kier alpha value is -2.50. The number of hydrogen-bond acceptors (Lipinski definition) is 4. The molecule has 0 radical (unpaired) electrons. The van der Waals surface area contributed by atoms with E-state index in [9.17, 15) is 4.79 Å². The van der Waals surface area contributed by atoms with Gasteiger partial charge in [-0.15, -0.1) is 0 Å². The number of rotatable bonds is 4. The van der Waals surface area contributed by atoms with E-state index < -0.39 is 11.7 Å². The first kappa shape index (κ1) is 15.9.